The second-order valence-corrected chi connectivity index (χ2v) is 6.45. The number of hydrogen-bond donors (Lipinski definition) is 1. The van der Waals surface area contributed by atoms with Crippen LogP contribution in [0, 0.1) is 11.8 Å². The Morgan fingerprint density at radius 1 is 1.15 bits per heavy atom. The summed E-state index contributed by atoms with van der Waals surface area (Å²) in [7, 11) is 0. The van der Waals surface area contributed by atoms with Gasteiger partial charge in [0, 0.05) is 6.61 Å². The maximum atomic E-state index is 5.72. The molecule has 2 nitrogen and oxygen atoms in total. The Hall–Kier alpha value is -0.860. The second kappa shape index (κ2) is 8.43. The molecular weight excluding hydrogens is 246 g/mol. The lowest BCUT2D eigenvalue weighted by atomic mass is 10.1. The molecule has 1 saturated carbocycles. The maximum absolute atomic E-state index is 5.72. The number of ether oxygens (including phenoxy) is 1. The van der Waals surface area contributed by atoms with Crippen molar-refractivity contribution >= 4 is 0 Å². The quantitative estimate of drug-likeness (QED) is 0.656. The fourth-order valence-electron chi connectivity index (χ4n) is 2.27. The van der Waals surface area contributed by atoms with Gasteiger partial charge in [0.05, 0.1) is 6.61 Å². The summed E-state index contributed by atoms with van der Waals surface area (Å²) in [6.45, 7) is 8.34. The molecule has 112 valence electrons. The molecule has 1 fully saturated rings. The van der Waals surface area contributed by atoms with Crippen LogP contribution in [0.4, 0.5) is 0 Å². The molecule has 0 aromatic heterocycles. The molecule has 0 unspecified atom stereocenters. The molecule has 0 radical (unpaired) electrons. The van der Waals surface area contributed by atoms with Crippen molar-refractivity contribution in [2.75, 3.05) is 19.7 Å². The number of rotatable bonds is 10. The first-order valence-electron chi connectivity index (χ1n) is 8.10. The summed E-state index contributed by atoms with van der Waals surface area (Å²) in [5, 5.41) is 3.48. The van der Waals surface area contributed by atoms with Gasteiger partial charge in [0.1, 0.15) is 0 Å². The normalized spacial score (nSPS) is 14.9. The molecule has 0 amide bonds. The molecule has 1 aromatic rings. The van der Waals surface area contributed by atoms with Gasteiger partial charge in [-0.15, -0.1) is 0 Å². The fraction of sp³-hybridized carbons (Fsp3) is 0.667. The van der Waals surface area contributed by atoms with Crippen LogP contribution in [-0.2, 0) is 17.8 Å². The van der Waals surface area contributed by atoms with E-state index in [0.29, 0.717) is 0 Å². The van der Waals surface area contributed by atoms with Gasteiger partial charge in [-0.3, -0.25) is 0 Å². The summed E-state index contributed by atoms with van der Waals surface area (Å²) in [4.78, 5) is 0. The third-order valence-corrected chi connectivity index (χ3v) is 3.80. The van der Waals surface area contributed by atoms with Crippen molar-refractivity contribution in [2.45, 2.75) is 46.1 Å². The third-order valence-electron chi connectivity index (χ3n) is 3.80. The molecule has 2 rings (SSSR count). The van der Waals surface area contributed by atoms with Crippen molar-refractivity contribution < 1.29 is 4.74 Å². The Morgan fingerprint density at radius 2 is 1.85 bits per heavy atom. The molecule has 1 aromatic carbocycles. The Balaban J connectivity index is 1.58. The monoisotopic (exact) mass is 275 g/mol. The standard InChI is InChI=1S/C18H29NO/c1-15(2)13-19-11-9-16-5-7-18(8-6-16)14-20-12-10-17-3-4-17/h5-8,15,17,19H,3-4,9-14H2,1-2H3. The van der Waals surface area contributed by atoms with Crippen LogP contribution in [0.1, 0.15) is 44.2 Å². The van der Waals surface area contributed by atoms with Crippen LogP contribution < -0.4 is 5.32 Å². The van der Waals surface area contributed by atoms with Gasteiger partial charge < -0.3 is 10.1 Å². The van der Waals surface area contributed by atoms with E-state index < -0.39 is 0 Å². The topological polar surface area (TPSA) is 21.3 Å². The smallest absolute Gasteiger partial charge is 0.0716 e. The number of hydrogen-bond acceptors (Lipinski definition) is 2. The predicted molar refractivity (Wildman–Crippen MR) is 84.9 cm³/mol. The number of benzene rings is 1. The Labute approximate surface area is 123 Å². The summed E-state index contributed by atoms with van der Waals surface area (Å²) in [6.07, 6.45) is 5.20. The van der Waals surface area contributed by atoms with Crippen molar-refractivity contribution in [3.63, 3.8) is 0 Å². The van der Waals surface area contributed by atoms with Crippen LogP contribution in [0.5, 0.6) is 0 Å². The summed E-state index contributed by atoms with van der Waals surface area (Å²) < 4.78 is 5.72. The van der Waals surface area contributed by atoms with Crippen LogP contribution in [0.25, 0.3) is 0 Å². The van der Waals surface area contributed by atoms with E-state index in [1.165, 1.54) is 30.4 Å². The zero-order valence-corrected chi connectivity index (χ0v) is 13.0. The van der Waals surface area contributed by atoms with Gasteiger partial charge in [-0.05, 0) is 48.9 Å². The first-order valence-corrected chi connectivity index (χ1v) is 8.10. The van der Waals surface area contributed by atoms with Crippen LogP contribution in [-0.4, -0.2) is 19.7 Å². The SMILES string of the molecule is CC(C)CNCCc1ccc(COCCC2CC2)cc1. The molecule has 1 N–H and O–H groups in total. The molecule has 2 heteroatoms. The van der Waals surface area contributed by atoms with E-state index in [9.17, 15) is 0 Å². The van der Waals surface area contributed by atoms with Gasteiger partial charge in [-0.1, -0.05) is 51.0 Å². The predicted octanol–water partition coefficient (Wildman–Crippen LogP) is 3.79. The van der Waals surface area contributed by atoms with Crippen LogP contribution in [0.2, 0.25) is 0 Å². The average Bonchev–Trinajstić information content (AvgIpc) is 3.25. The van der Waals surface area contributed by atoms with Gasteiger partial charge in [-0.25, -0.2) is 0 Å². The highest BCUT2D eigenvalue weighted by Gasteiger charge is 2.20. The van der Waals surface area contributed by atoms with E-state index in [2.05, 4.69) is 43.4 Å². The largest absolute Gasteiger partial charge is 0.377 e. The molecule has 0 saturated heterocycles. The van der Waals surface area contributed by atoms with E-state index in [0.717, 1.165) is 44.6 Å². The zero-order chi connectivity index (χ0) is 14.2. The van der Waals surface area contributed by atoms with E-state index in [1.807, 2.05) is 0 Å². The maximum Gasteiger partial charge on any atom is 0.0716 e. The second-order valence-electron chi connectivity index (χ2n) is 6.45. The van der Waals surface area contributed by atoms with Gasteiger partial charge in [0.2, 0.25) is 0 Å². The van der Waals surface area contributed by atoms with Gasteiger partial charge in [0.15, 0.2) is 0 Å². The molecule has 0 spiro atoms. The Bertz CT molecular complexity index is 339. The highest BCUT2D eigenvalue weighted by molar-refractivity contribution is 5.22. The van der Waals surface area contributed by atoms with Crippen molar-refractivity contribution in [3.05, 3.63) is 35.4 Å². The third kappa shape index (κ3) is 6.53. The van der Waals surface area contributed by atoms with Gasteiger partial charge in [-0.2, -0.15) is 0 Å². The van der Waals surface area contributed by atoms with Crippen LogP contribution >= 0.6 is 0 Å². The highest BCUT2D eigenvalue weighted by atomic mass is 16.5. The number of nitrogens with one attached hydrogen (secondary N) is 1. The molecule has 20 heavy (non-hydrogen) atoms. The molecule has 1 aliphatic carbocycles. The first kappa shape index (κ1) is 15.5. The first-order chi connectivity index (χ1) is 9.74. The molecule has 0 heterocycles. The van der Waals surface area contributed by atoms with E-state index in [1.54, 1.807) is 0 Å². The molecule has 0 atom stereocenters. The summed E-state index contributed by atoms with van der Waals surface area (Å²) in [5.41, 5.74) is 2.70. The van der Waals surface area contributed by atoms with Crippen LogP contribution in [0.15, 0.2) is 24.3 Å². The summed E-state index contributed by atoms with van der Waals surface area (Å²) in [5.74, 6) is 1.70. The molecule has 0 aliphatic heterocycles. The summed E-state index contributed by atoms with van der Waals surface area (Å²) >= 11 is 0. The van der Waals surface area contributed by atoms with Crippen molar-refractivity contribution in [3.8, 4) is 0 Å². The average molecular weight is 275 g/mol. The minimum Gasteiger partial charge on any atom is -0.377 e. The molecule has 1 aliphatic rings. The highest BCUT2D eigenvalue weighted by Crippen LogP contribution is 2.32. The van der Waals surface area contributed by atoms with E-state index in [-0.39, 0.29) is 0 Å². The van der Waals surface area contributed by atoms with Crippen molar-refractivity contribution in [2.24, 2.45) is 11.8 Å². The lowest BCUT2D eigenvalue weighted by molar-refractivity contribution is 0.115. The van der Waals surface area contributed by atoms with E-state index >= 15 is 0 Å². The molecule has 0 bridgehead atoms. The lowest BCUT2D eigenvalue weighted by Crippen LogP contribution is -2.22. The zero-order valence-electron chi connectivity index (χ0n) is 13.0. The van der Waals surface area contributed by atoms with E-state index in [4.69, 9.17) is 4.74 Å². The lowest BCUT2D eigenvalue weighted by Gasteiger charge is -2.08. The van der Waals surface area contributed by atoms with Crippen LogP contribution in [0.3, 0.4) is 0 Å². The summed E-state index contributed by atoms with van der Waals surface area (Å²) in [6, 6.07) is 8.87. The Kier molecular flexibility index (Phi) is 6.55. The van der Waals surface area contributed by atoms with Crippen molar-refractivity contribution in [1.82, 2.24) is 5.32 Å². The minimum atomic E-state index is 0.727. The molecular formula is C18H29NO. The van der Waals surface area contributed by atoms with Crippen molar-refractivity contribution in [1.29, 1.82) is 0 Å². The van der Waals surface area contributed by atoms with Gasteiger partial charge in [0.25, 0.3) is 0 Å². The minimum absolute atomic E-state index is 0.727. The Morgan fingerprint density at radius 3 is 2.50 bits per heavy atom. The fourth-order valence-corrected chi connectivity index (χ4v) is 2.27. The van der Waals surface area contributed by atoms with Gasteiger partial charge >= 0.3 is 0 Å².